The number of hydrogen-bond acceptors (Lipinski definition) is 4. The Kier molecular flexibility index (Phi) is 4.91. The van der Waals surface area contributed by atoms with Gasteiger partial charge >= 0.3 is 11.9 Å². The molecule has 0 amide bonds. The highest BCUT2D eigenvalue weighted by molar-refractivity contribution is 6.30. The molecule has 1 aliphatic rings. The van der Waals surface area contributed by atoms with Crippen molar-refractivity contribution in [3.8, 4) is 0 Å². The number of carbonyl (C=O) groups excluding carboxylic acids is 2. The number of rotatable bonds is 5. The van der Waals surface area contributed by atoms with E-state index in [1.54, 1.807) is 19.1 Å². The highest BCUT2D eigenvalue weighted by Crippen LogP contribution is 2.38. The van der Waals surface area contributed by atoms with Crippen LogP contribution in [0.2, 0.25) is 5.02 Å². The van der Waals surface area contributed by atoms with Crippen LogP contribution < -0.4 is 0 Å². The predicted molar refractivity (Wildman–Crippen MR) is 83.6 cm³/mol. The SMILES string of the molecule is CCOC(=O)C1=C(Cc2ccc(Cl)cc2)C(C)(CC)OC1=O. The number of halogens is 1. The molecule has 4 nitrogen and oxygen atoms in total. The Labute approximate surface area is 135 Å². The molecule has 2 rings (SSSR count). The fourth-order valence-corrected chi connectivity index (χ4v) is 2.61. The maximum Gasteiger partial charge on any atom is 0.346 e. The zero-order valence-corrected chi connectivity index (χ0v) is 13.7. The van der Waals surface area contributed by atoms with Crippen LogP contribution >= 0.6 is 11.6 Å². The maximum atomic E-state index is 12.1. The van der Waals surface area contributed by atoms with Gasteiger partial charge in [-0.3, -0.25) is 0 Å². The Morgan fingerprint density at radius 2 is 1.91 bits per heavy atom. The Hall–Kier alpha value is -1.81. The van der Waals surface area contributed by atoms with Crippen molar-refractivity contribution < 1.29 is 19.1 Å². The molecule has 0 saturated carbocycles. The number of carbonyl (C=O) groups is 2. The van der Waals surface area contributed by atoms with Gasteiger partial charge in [0.1, 0.15) is 11.2 Å². The van der Waals surface area contributed by atoms with Crippen LogP contribution in [0.15, 0.2) is 35.4 Å². The molecule has 0 aliphatic carbocycles. The fraction of sp³-hybridized carbons (Fsp3) is 0.412. The molecule has 0 aromatic heterocycles. The molecule has 1 heterocycles. The summed E-state index contributed by atoms with van der Waals surface area (Å²) in [6, 6.07) is 7.30. The van der Waals surface area contributed by atoms with E-state index in [1.165, 1.54) is 0 Å². The topological polar surface area (TPSA) is 52.6 Å². The first-order chi connectivity index (χ1) is 10.4. The third-order valence-corrected chi connectivity index (χ3v) is 4.16. The van der Waals surface area contributed by atoms with E-state index in [4.69, 9.17) is 21.1 Å². The minimum absolute atomic E-state index is 0.0288. The van der Waals surface area contributed by atoms with Crippen LogP contribution in [-0.4, -0.2) is 24.1 Å². The van der Waals surface area contributed by atoms with Crippen molar-refractivity contribution in [3.05, 3.63) is 46.0 Å². The third kappa shape index (κ3) is 3.17. The Bertz CT molecular complexity index is 618. The Morgan fingerprint density at radius 1 is 1.27 bits per heavy atom. The van der Waals surface area contributed by atoms with Crippen molar-refractivity contribution in [2.75, 3.05) is 6.61 Å². The van der Waals surface area contributed by atoms with Gasteiger partial charge in [-0.1, -0.05) is 30.7 Å². The second kappa shape index (κ2) is 6.53. The quantitative estimate of drug-likeness (QED) is 0.615. The summed E-state index contributed by atoms with van der Waals surface area (Å²) in [4.78, 5) is 24.2. The summed E-state index contributed by atoms with van der Waals surface area (Å²) < 4.78 is 10.4. The molecule has 1 unspecified atom stereocenters. The van der Waals surface area contributed by atoms with Gasteiger partial charge in [-0.05, 0) is 50.0 Å². The minimum Gasteiger partial charge on any atom is -0.462 e. The average Bonchev–Trinajstić information content (AvgIpc) is 2.73. The van der Waals surface area contributed by atoms with Crippen LogP contribution in [0, 0.1) is 0 Å². The van der Waals surface area contributed by atoms with Gasteiger partial charge in [0, 0.05) is 5.02 Å². The largest absolute Gasteiger partial charge is 0.462 e. The first-order valence-corrected chi connectivity index (χ1v) is 7.67. The molecule has 1 aromatic carbocycles. The lowest BCUT2D eigenvalue weighted by atomic mass is 9.86. The second-order valence-electron chi connectivity index (χ2n) is 5.35. The summed E-state index contributed by atoms with van der Waals surface area (Å²) in [6.45, 7) is 5.66. The van der Waals surface area contributed by atoms with Crippen LogP contribution in [-0.2, 0) is 25.5 Å². The third-order valence-electron chi connectivity index (χ3n) is 3.91. The van der Waals surface area contributed by atoms with Gasteiger partial charge < -0.3 is 9.47 Å². The second-order valence-corrected chi connectivity index (χ2v) is 5.79. The Balaban J connectivity index is 2.43. The summed E-state index contributed by atoms with van der Waals surface area (Å²) in [7, 11) is 0. The van der Waals surface area contributed by atoms with E-state index in [2.05, 4.69) is 0 Å². The summed E-state index contributed by atoms with van der Waals surface area (Å²) in [5, 5.41) is 0.639. The summed E-state index contributed by atoms with van der Waals surface area (Å²) in [5.41, 5.74) is 0.875. The van der Waals surface area contributed by atoms with Gasteiger partial charge in [-0.25, -0.2) is 9.59 Å². The van der Waals surface area contributed by atoms with E-state index in [0.717, 1.165) is 5.56 Å². The molecule has 118 valence electrons. The molecule has 0 spiro atoms. The smallest absolute Gasteiger partial charge is 0.346 e. The molecular weight excluding hydrogens is 304 g/mol. The van der Waals surface area contributed by atoms with Crippen molar-refractivity contribution >= 4 is 23.5 Å². The lowest BCUT2D eigenvalue weighted by Crippen LogP contribution is -2.27. The van der Waals surface area contributed by atoms with Crippen molar-refractivity contribution in [2.45, 2.75) is 39.2 Å². The van der Waals surface area contributed by atoms with E-state index < -0.39 is 17.5 Å². The molecule has 22 heavy (non-hydrogen) atoms. The van der Waals surface area contributed by atoms with Gasteiger partial charge in [0.15, 0.2) is 0 Å². The van der Waals surface area contributed by atoms with Gasteiger partial charge in [0.25, 0.3) is 0 Å². The number of benzene rings is 1. The average molecular weight is 323 g/mol. The highest BCUT2D eigenvalue weighted by atomic mass is 35.5. The molecular formula is C17H19ClO4. The number of esters is 2. The molecule has 0 radical (unpaired) electrons. The van der Waals surface area contributed by atoms with Gasteiger partial charge in [0.05, 0.1) is 6.61 Å². The summed E-state index contributed by atoms with van der Waals surface area (Å²) in [6.07, 6.45) is 1.03. The molecule has 1 aromatic rings. The van der Waals surface area contributed by atoms with Crippen molar-refractivity contribution in [1.82, 2.24) is 0 Å². The van der Waals surface area contributed by atoms with Crippen LogP contribution in [0.25, 0.3) is 0 Å². The normalized spacial score (nSPS) is 21.0. The predicted octanol–water partition coefficient (Wildman–Crippen LogP) is 3.47. The van der Waals surface area contributed by atoms with Gasteiger partial charge in [-0.2, -0.15) is 0 Å². The number of cyclic esters (lactones) is 1. The molecule has 1 atom stereocenters. The lowest BCUT2D eigenvalue weighted by Gasteiger charge is -2.25. The lowest BCUT2D eigenvalue weighted by molar-refractivity contribution is -0.149. The standard InChI is InChI=1S/C17H19ClO4/c1-4-17(3)13(10-11-6-8-12(18)9-7-11)14(16(20)22-17)15(19)21-5-2/h6-9H,4-5,10H2,1-3H3. The molecule has 0 fully saturated rings. The highest BCUT2D eigenvalue weighted by Gasteiger charge is 2.45. The maximum absolute atomic E-state index is 12.1. The summed E-state index contributed by atoms with van der Waals surface area (Å²) >= 11 is 5.89. The van der Waals surface area contributed by atoms with E-state index in [0.29, 0.717) is 23.4 Å². The minimum atomic E-state index is -0.779. The van der Waals surface area contributed by atoms with Gasteiger partial charge in [-0.15, -0.1) is 0 Å². The molecule has 0 bridgehead atoms. The molecule has 0 N–H and O–H groups in total. The Morgan fingerprint density at radius 3 is 2.45 bits per heavy atom. The monoisotopic (exact) mass is 322 g/mol. The van der Waals surface area contributed by atoms with E-state index in [-0.39, 0.29) is 12.2 Å². The fourth-order valence-electron chi connectivity index (χ4n) is 2.48. The van der Waals surface area contributed by atoms with E-state index >= 15 is 0 Å². The number of hydrogen-bond donors (Lipinski definition) is 0. The van der Waals surface area contributed by atoms with Crippen LogP contribution in [0.1, 0.15) is 32.8 Å². The van der Waals surface area contributed by atoms with Crippen molar-refractivity contribution in [2.24, 2.45) is 0 Å². The van der Waals surface area contributed by atoms with Crippen LogP contribution in [0.5, 0.6) is 0 Å². The zero-order chi connectivity index (χ0) is 16.3. The molecule has 5 heteroatoms. The van der Waals surface area contributed by atoms with Gasteiger partial charge in [0.2, 0.25) is 0 Å². The summed E-state index contributed by atoms with van der Waals surface area (Å²) in [5.74, 6) is -1.22. The van der Waals surface area contributed by atoms with Crippen LogP contribution in [0.4, 0.5) is 0 Å². The first kappa shape index (κ1) is 16.6. The first-order valence-electron chi connectivity index (χ1n) is 7.29. The van der Waals surface area contributed by atoms with Crippen molar-refractivity contribution in [1.29, 1.82) is 0 Å². The van der Waals surface area contributed by atoms with Crippen LogP contribution in [0.3, 0.4) is 0 Å². The van der Waals surface area contributed by atoms with E-state index in [1.807, 2.05) is 26.0 Å². The molecule has 1 aliphatic heterocycles. The number of ether oxygens (including phenoxy) is 2. The van der Waals surface area contributed by atoms with E-state index in [9.17, 15) is 9.59 Å². The zero-order valence-electron chi connectivity index (χ0n) is 12.9. The van der Waals surface area contributed by atoms with Crippen molar-refractivity contribution in [3.63, 3.8) is 0 Å². The molecule has 0 saturated heterocycles.